The molecule has 0 spiro atoms. The number of halogens is 2. The lowest BCUT2D eigenvalue weighted by Gasteiger charge is -2.09. The molecule has 0 heterocycles. The predicted molar refractivity (Wildman–Crippen MR) is 106 cm³/mol. The minimum atomic E-state index is -0.445. The Hall–Kier alpha value is -3.38. The number of benzene rings is 3. The monoisotopic (exact) mass is 398 g/mol. The first-order chi connectivity index (χ1) is 13.5. The van der Waals surface area contributed by atoms with Crippen LogP contribution in [0.3, 0.4) is 0 Å². The number of hydrogen-bond donors (Lipinski definition) is 2. The predicted octanol–water partition coefficient (Wildman–Crippen LogP) is 4.75. The summed E-state index contributed by atoms with van der Waals surface area (Å²) in [5.41, 5.74) is 1.10. The average molecular weight is 399 g/mol. The fourth-order valence-electron chi connectivity index (χ4n) is 2.38. The zero-order valence-electron chi connectivity index (χ0n) is 14.6. The summed E-state index contributed by atoms with van der Waals surface area (Å²) in [6.07, 6.45) is 0. The van der Waals surface area contributed by atoms with Gasteiger partial charge in [-0.1, -0.05) is 23.7 Å². The van der Waals surface area contributed by atoms with Crippen LogP contribution in [0.1, 0.15) is 10.4 Å². The first kappa shape index (κ1) is 19.4. The Morgan fingerprint density at radius 3 is 2.29 bits per heavy atom. The highest BCUT2D eigenvalue weighted by Crippen LogP contribution is 2.17. The second-order valence-electron chi connectivity index (χ2n) is 5.84. The number of anilines is 2. The van der Waals surface area contributed by atoms with E-state index in [1.54, 1.807) is 48.5 Å². The van der Waals surface area contributed by atoms with Crippen LogP contribution in [0.25, 0.3) is 0 Å². The summed E-state index contributed by atoms with van der Waals surface area (Å²) in [5.74, 6) is -0.723. The summed E-state index contributed by atoms with van der Waals surface area (Å²) in [6, 6.07) is 18.6. The number of hydrogen-bond acceptors (Lipinski definition) is 3. The minimum Gasteiger partial charge on any atom is -0.484 e. The molecule has 2 N–H and O–H groups in total. The molecule has 0 fully saturated rings. The minimum absolute atomic E-state index is 0.193. The molecular formula is C21H16ClFN2O3. The van der Waals surface area contributed by atoms with Crippen molar-refractivity contribution < 1.29 is 18.7 Å². The second kappa shape index (κ2) is 9.01. The maximum absolute atomic E-state index is 13.2. The van der Waals surface area contributed by atoms with Crippen LogP contribution >= 0.6 is 11.6 Å². The largest absolute Gasteiger partial charge is 0.484 e. The van der Waals surface area contributed by atoms with Crippen LogP contribution in [-0.2, 0) is 4.79 Å². The molecule has 0 saturated carbocycles. The topological polar surface area (TPSA) is 67.4 Å². The van der Waals surface area contributed by atoms with Gasteiger partial charge in [0.15, 0.2) is 6.61 Å². The van der Waals surface area contributed by atoms with Crippen molar-refractivity contribution in [3.63, 3.8) is 0 Å². The van der Waals surface area contributed by atoms with Gasteiger partial charge in [-0.15, -0.1) is 0 Å². The van der Waals surface area contributed by atoms with Crippen molar-refractivity contribution in [2.24, 2.45) is 0 Å². The summed E-state index contributed by atoms with van der Waals surface area (Å²) in [6.45, 7) is -0.193. The van der Waals surface area contributed by atoms with E-state index in [-0.39, 0.29) is 12.5 Å². The molecule has 3 rings (SSSR count). The smallest absolute Gasteiger partial charge is 0.262 e. The Kier molecular flexibility index (Phi) is 6.24. The van der Waals surface area contributed by atoms with Gasteiger partial charge in [-0.25, -0.2) is 4.39 Å². The highest BCUT2D eigenvalue weighted by Gasteiger charge is 2.09. The van der Waals surface area contributed by atoms with Gasteiger partial charge in [-0.2, -0.15) is 0 Å². The van der Waals surface area contributed by atoms with Crippen LogP contribution in [0, 0.1) is 5.82 Å². The van der Waals surface area contributed by atoms with Gasteiger partial charge in [0.05, 0.1) is 0 Å². The van der Waals surface area contributed by atoms with E-state index < -0.39 is 11.7 Å². The van der Waals surface area contributed by atoms with Crippen LogP contribution < -0.4 is 15.4 Å². The van der Waals surface area contributed by atoms with E-state index in [4.69, 9.17) is 16.3 Å². The molecule has 0 aliphatic rings. The van der Waals surface area contributed by atoms with E-state index in [1.165, 1.54) is 24.3 Å². The first-order valence-electron chi connectivity index (χ1n) is 8.35. The SMILES string of the molecule is O=C(COc1ccc(Cl)cc1)Nc1cccc(C(=O)Nc2cccc(F)c2)c1. The number of carbonyl (C=O) groups excluding carboxylic acids is 2. The number of amides is 2. The standard InChI is InChI=1S/C21H16ClFN2O3/c22-15-7-9-19(10-8-15)28-13-20(26)24-17-5-1-3-14(11-17)21(27)25-18-6-2-4-16(23)12-18/h1-12H,13H2,(H,24,26)(H,25,27). The van der Waals surface area contributed by atoms with Gasteiger partial charge in [0.25, 0.3) is 11.8 Å². The van der Waals surface area contributed by atoms with Crippen molar-refractivity contribution in [3.8, 4) is 5.75 Å². The number of rotatable bonds is 6. The molecular weight excluding hydrogens is 383 g/mol. The summed E-state index contributed by atoms with van der Waals surface area (Å²) >= 11 is 5.79. The molecule has 0 aliphatic carbocycles. The third-order valence-electron chi connectivity index (χ3n) is 3.67. The fraction of sp³-hybridized carbons (Fsp3) is 0.0476. The zero-order valence-corrected chi connectivity index (χ0v) is 15.4. The molecule has 0 saturated heterocycles. The van der Waals surface area contributed by atoms with Gasteiger partial charge >= 0.3 is 0 Å². The Labute approximate surface area is 166 Å². The third kappa shape index (κ3) is 5.56. The Bertz CT molecular complexity index is 993. The van der Waals surface area contributed by atoms with Crippen molar-refractivity contribution in [3.05, 3.63) is 89.2 Å². The van der Waals surface area contributed by atoms with Crippen molar-refractivity contribution in [1.29, 1.82) is 0 Å². The van der Waals surface area contributed by atoms with Gasteiger partial charge in [-0.3, -0.25) is 9.59 Å². The molecule has 0 aromatic heterocycles. The molecule has 5 nitrogen and oxygen atoms in total. The Morgan fingerprint density at radius 1 is 0.893 bits per heavy atom. The first-order valence-corrected chi connectivity index (χ1v) is 8.72. The summed E-state index contributed by atoms with van der Waals surface area (Å²) in [4.78, 5) is 24.4. The van der Waals surface area contributed by atoms with Crippen LogP contribution in [0.5, 0.6) is 5.75 Å². The number of ether oxygens (including phenoxy) is 1. The lowest BCUT2D eigenvalue weighted by atomic mass is 10.2. The Balaban J connectivity index is 1.58. The number of nitrogens with one attached hydrogen (secondary N) is 2. The number of carbonyl (C=O) groups is 2. The maximum Gasteiger partial charge on any atom is 0.262 e. The quantitative estimate of drug-likeness (QED) is 0.629. The molecule has 3 aromatic rings. The van der Waals surface area contributed by atoms with Crippen molar-refractivity contribution in [2.45, 2.75) is 0 Å². The van der Waals surface area contributed by atoms with E-state index in [0.717, 1.165) is 0 Å². The molecule has 0 radical (unpaired) electrons. The normalized spacial score (nSPS) is 10.2. The van der Waals surface area contributed by atoms with Gasteiger partial charge in [-0.05, 0) is 60.7 Å². The van der Waals surface area contributed by atoms with Gasteiger partial charge in [0.1, 0.15) is 11.6 Å². The van der Waals surface area contributed by atoms with Gasteiger partial charge in [0, 0.05) is 22.0 Å². The highest BCUT2D eigenvalue weighted by molar-refractivity contribution is 6.30. The summed E-state index contributed by atoms with van der Waals surface area (Å²) in [7, 11) is 0. The molecule has 0 atom stereocenters. The van der Waals surface area contributed by atoms with Crippen molar-refractivity contribution >= 4 is 34.8 Å². The molecule has 142 valence electrons. The van der Waals surface area contributed by atoms with E-state index in [9.17, 15) is 14.0 Å². The van der Waals surface area contributed by atoms with Gasteiger partial charge < -0.3 is 15.4 Å². The highest BCUT2D eigenvalue weighted by atomic mass is 35.5. The van der Waals surface area contributed by atoms with Crippen LogP contribution in [0.2, 0.25) is 5.02 Å². The molecule has 2 amide bonds. The van der Waals surface area contributed by atoms with Crippen molar-refractivity contribution in [1.82, 2.24) is 0 Å². The summed E-state index contributed by atoms with van der Waals surface area (Å²) in [5, 5.41) is 5.84. The zero-order chi connectivity index (χ0) is 19.9. The van der Waals surface area contributed by atoms with Crippen LogP contribution in [0.15, 0.2) is 72.8 Å². The van der Waals surface area contributed by atoms with E-state index in [1.807, 2.05) is 0 Å². The molecule has 0 bridgehead atoms. The summed E-state index contributed by atoms with van der Waals surface area (Å²) < 4.78 is 18.6. The van der Waals surface area contributed by atoms with Gasteiger partial charge in [0.2, 0.25) is 0 Å². The van der Waals surface area contributed by atoms with E-state index in [0.29, 0.717) is 27.7 Å². The third-order valence-corrected chi connectivity index (χ3v) is 3.93. The molecule has 7 heteroatoms. The molecule has 0 unspecified atom stereocenters. The lowest BCUT2D eigenvalue weighted by molar-refractivity contribution is -0.118. The van der Waals surface area contributed by atoms with E-state index >= 15 is 0 Å². The lowest BCUT2D eigenvalue weighted by Crippen LogP contribution is -2.20. The fourth-order valence-corrected chi connectivity index (χ4v) is 2.51. The van der Waals surface area contributed by atoms with E-state index in [2.05, 4.69) is 10.6 Å². The maximum atomic E-state index is 13.2. The van der Waals surface area contributed by atoms with Crippen LogP contribution in [0.4, 0.5) is 15.8 Å². The van der Waals surface area contributed by atoms with Crippen molar-refractivity contribution in [2.75, 3.05) is 17.2 Å². The second-order valence-corrected chi connectivity index (χ2v) is 6.27. The Morgan fingerprint density at radius 2 is 1.57 bits per heavy atom. The molecule has 0 aliphatic heterocycles. The molecule has 3 aromatic carbocycles. The van der Waals surface area contributed by atoms with Crippen LogP contribution in [-0.4, -0.2) is 18.4 Å². The molecule has 28 heavy (non-hydrogen) atoms. The average Bonchev–Trinajstić information content (AvgIpc) is 2.68.